The minimum Gasteiger partial charge on any atom is -0.469 e. The minimum atomic E-state index is 0.994. The van der Waals surface area contributed by atoms with Gasteiger partial charge in [-0.1, -0.05) is 13.8 Å². The Morgan fingerprint density at radius 1 is 0.882 bits per heavy atom. The molecule has 2 nitrogen and oxygen atoms in total. The van der Waals surface area contributed by atoms with Gasteiger partial charge in [-0.25, -0.2) is 0 Å². The molecule has 0 N–H and O–H groups in total. The third-order valence-electron chi connectivity index (χ3n) is 2.41. The van der Waals surface area contributed by atoms with E-state index in [2.05, 4.69) is 26.0 Å². The molecule has 0 bridgehead atoms. The highest BCUT2D eigenvalue weighted by Crippen LogP contribution is 2.07. The van der Waals surface area contributed by atoms with E-state index < -0.39 is 0 Å². The molecular formula is C15H22O2. The Kier molecular flexibility index (Phi) is 5.61. The van der Waals surface area contributed by atoms with Crippen LogP contribution in [0, 0.1) is 13.8 Å². The van der Waals surface area contributed by atoms with Crippen LogP contribution >= 0.6 is 0 Å². The van der Waals surface area contributed by atoms with Crippen LogP contribution < -0.4 is 0 Å². The molecule has 0 saturated carbocycles. The van der Waals surface area contributed by atoms with Crippen molar-refractivity contribution in [1.29, 1.82) is 0 Å². The highest BCUT2D eigenvalue weighted by atomic mass is 16.3. The van der Waals surface area contributed by atoms with Crippen LogP contribution in [-0.2, 0) is 12.8 Å². The predicted molar refractivity (Wildman–Crippen MR) is 70.3 cm³/mol. The van der Waals surface area contributed by atoms with Crippen molar-refractivity contribution in [2.45, 2.75) is 47.0 Å². The summed E-state index contributed by atoms with van der Waals surface area (Å²) in [6, 6.07) is 4.14. The molecule has 0 amide bonds. The van der Waals surface area contributed by atoms with Crippen molar-refractivity contribution in [3.05, 3.63) is 47.3 Å². The van der Waals surface area contributed by atoms with E-state index in [1.165, 1.54) is 11.1 Å². The number of hydrogen-bond acceptors (Lipinski definition) is 2. The molecule has 94 valence electrons. The van der Waals surface area contributed by atoms with Gasteiger partial charge in [0.15, 0.2) is 0 Å². The molecule has 2 rings (SSSR count). The van der Waals surface area contributed by atoms with E-state index in [-0.39, 0.29) is 0 Å². The summed E-state index contributed by atoms with van der Waals surface area (Å²) in [5.74, 6) is 2.18. The van der Waals surface area contributed by atoms with Crippen LogP contribution in [0.25, 0.3) is 0 Å². The van der Waals surface area contributed by atoms with Crippen molar-refractivity contribution in [2.75, 3.05) is 0 Å². The molecule has 0 atom stereocenters. The molecule has 0 spiro atoms. The topological polar surface area (TPSA) is 26.3 Å². The van der Waals surface area contributed by atoms with Crippen LogP contribution in [0.15, 0.2) is 33.5 Å². The van der Waals surface area contributed by atoms with Gasteiger partial charge in [-0.15, -0.1) is 0 Å². The molecule has 0 aliphatic rings. The van der Waals surface area contributed by atoms with Crippen LogP contribution in [0.2, 0.25) is 0 Å². The maximum atomic E-state index is 5.20. The minimum absolute atomic E-state index is 0.994. The molecule has 2 heteroatoms. The van der Waals surface area contributed by atoms with Crippen LogP contribution in [0.5, 0.6) is 0 Å². The summed E-state index contributed by atoms with van der Waals surface area (Å²) in [6.07, 6.45) is 6.79. The summed E-state index contributed by atoms with van der Waals surface area (Å²) in [7, 11) is 0. The summed E-state index contributed by atoms with van der Waals surface area (Å²) in [4.78, 5) is 0. The van der Waals surface area contributed by atoms with Gasteiger partial charge in [-0.05, 0) is 43.5 Å². The van der Waals surface area contributed by atoms with Crippen molar-refractivity contribution < 1.29 is 8.83 Å². The molecule has 2 aromatic heterocycles. The van der Waals surface area contributed by atoms with E-state index in [1.807, 2.05) is 13.8 Å². The van der Waals surface area contributed by atoms with Gasteiger partial charge in [0.2, 0.25) is 0 Å². The number of hydrogen-bond donors (Lipinski definition) is 0. The fourth-order valence-electron chi connectivity index (χ4n) is 1.54. The molecule has 0 aliphatic carbocycles. The third-order valence-corrected chi connectivity index (χ3v) is 2.41. The zero-order valence-corrected chi connectivity index (χ0v) is 11.2. The molecule has 0 unspecified atom stereocenters. The standard InChI is InChI=1S/C8H12O.C7H10O/c1-3-4-8-5-7(2)6-9-8;1-3-7-4-6(2)5-8-7/h5-6H,3-4H2,1-2H3;4-5H,3H2,1-2H3. The maximum Gasteiger partial charge on any atom is 0.104 e. The molecule has 0 aliphatic heterocycles. The van der Waals surface area contributed by atoms with Crippen molar-refractivity contribution >= 4 is 0 Å². The Balaban J connectivity index is 0.000000171. The van der Waals surface area contributed by atoms with E-state index >= 15 is 0 Å². The summed E-state index contributed by atoms with van der Waals surface area (Å²) in [6.45, 7) is 8.31. The second-order valence-corrected chi connectivity index (χ2v) is 4.28. The molecule has 17 heavy (non-hydrogen) atoms. The molecule has 2 aromatic rings. The molecule has 0 fully saturated rings. The monoisotopic (exact) mass is 234 g/mol. The Hall–Kier alpha value is -1.44. The summed E-state index contributed by atoms with van der Waals surface area (Å²) >= 11 is 0. The van der Waals surface area contributed by atoms with Crippen LogP contribution in [0.1, 0.15) is 42.9 Å². The fraction of sp³-hybridized carbons (Fsp3) is 0.467. The third kappa shape index (κ3) is 4.94. The summed E-state index contributed by atoms with van der Waals surface area (Å²) in [5.41, 5.74) is 2.43. The first-order valence-corrected chi connectivity index (χ1v) is 6.23. The Morgan fingerprint density at radius 3 is 1.71 bits per heavy atom. The largest absolute Gasteiger partial charge is 0.469 e. The van der Waals surface area contributed by atoms with Crippen LogP contribution in [0.3, 0.4) is 0 Å². The van der Waals surface area contributed by atoms with Gasteiger partial charge in [0, 0.05) is 12.8 Å². The average Bonchev–Trinajstić information content (AvgIpc) is 2.89. The maximum absolute atomic E-state index is 5.20. The van der Waals surface area contributed by atoms with Crippen molar-refractivity contribution in [2.24, 2.45) is 0 Å². The van der Waals surface area contributed by atoms with Gasteiger partial charge in [-0.3, -0.25) is 0 Å². The smallest absolute Gasteiger partial charge is 0.104 e. The average molecular weight is 234 g/mol. The second kappa shape index (κ2) is 7.00. The van der Waals surface area contributed by atoms with Crippen molar-refractivity contribution in [1.82, 2.24) is 0 Å². The normalized spacial score (nSPS) is 9.88. The van der Waals surface area contributed by atoms with Crippen molar-refractivity contribution in [3.63, 3.8) is 0 Å². The molecule has 0 aromatic carbocycles. The van der Waals surface area contributed by atoms with Gasteiger partial charge in [0.25, 0.3) is 0 Å². The van der Waals surface area contributed by atoms with Gasteiger partial charge >= 0.3 is 0 Å². The van der Waals surface area contributed by atoms with E-state index in [4.69, 9.17) is 8.83 Å². The highest BCUT2D eigenvalue weighted by molar-refractivity contribution is 5.10. The van der Waals surface area contributed by atoms with Gasteiger partial charge in [-0.2, -0.15) is 0 Å². The Morgan fingerprint density at radius 2 is 1.41 bits per heavy atom. The first-order valence-electron chi connectivity index (χ1n) is 6.23. The number of furan rings is 2. The van der Waals surface area contributed by atoms with E-state index in [9.17, 15) is 0 Å². The summed E-state index contributed by atoms with van der Waals surface area (Å²) < 4.78 is 10.3. The quantitative estimate of drug-likeness (QED) is 0.770. The van der Waals surface area contributed by atoms with Crippen LogP contribution in [-0.4, -0.2) is 0 Å². The van der Waals surface area contributed by atoms with Crippen LogP contribution in [0.4, 0.5) is 0 Å². The molecular weight excluding hydrogens is 212 g/mol. The lowest BCUT2D eigenvalue weighted by Crippen LogP contribution is -1.74. The SMILES string of the molecule is CCCc1cc(C)co1.CCc1cc(C)co1. The lowest BCUT2D eigenvalue weighted by Gasteiger charge is -1.86. The van der Waals surface area contributed by atoms with Crippen molar-refractivity contribution in [3.8, 4) is 0 Å². The lowest BCUT2D eigenvalue weighted by atomic mass is 10.2. The summed E-state index contributed by atoms with van der Waals surface area (Å²) in [5, 5.41) is 0. The first-order chi connectivity index (χ1) is 8.15. The fourth-order valence-corrected chi connectivity index (χ4v) is 1.54. The van der Waals surface area contributed by atoms with E-state index in [1.54, 1.807) is 12.5 Å². The van der Waals surface area contributed by atoms with Gasteiger partial charge < -0.3 is 8.83 Å². The lowest BCUT2D eigenvalue weighted by molar-refractivity contribution is 0.505. The molecule has 0 radical (unpaired) electrons. The molecule has 0 saturated heterocycles. The predicted octanol–water partition coefficient (Wildman–Crippen LogP) is 4.69. The zero-order chi connectivity index (χ0) is 12.7. The zero-order valence-electron chi connectivity index (χ0n) is 11.2. The van der Waals surface area contributed by atoms with E-state index in [0.29, 0.717) is 0 Å². The van der Waals surface area contributed by atoms with Gasteiger partial charge in [0.05, 0.1) is 12.5 Å². The second-order valence-electron chi connectivity index (χ2n) is 4.28. The van der Waals surface area contributed by atoms with E-state index in [0.717, 1.165) is 30.8 Å². The number of rotatable bonds is 3. The van der Waals surface area contributed by atoms with Gasteiger partial charge in [0.1, 0.15) is 11.5 Å². The Bertz CT molecular complexity index is 424. The number of aryl methyl sites for hydroxylation is 4. The Labute approximate surface area is 104 Å². The first kappa shape index (κ1) is 13.6. The highest BCUT2D eigenvalue weighted by Gasteiger charge is 1.94. The molecule has 2 heterocycles.